The lowest BCUT2D eigenvalue weighted by molar-refractivity contribution is -0.385. The van der Waals surface area contributed by atoms with Crippen LogP contribution in [0.15, 0.2) is 18.2 Å². The van der Waals surface area contributed by atoms with Crippen LogP contribution in [0.3, 0.4) is 0 Å². The van der Waals surface area contributed by atoms with Gasteiger partial charge in [0, 0.05) is 23.0 Å². The third-order valence-corrected chi connectivity index (χ3v) is 4.70. The van der Waals surface area contributed by atoms with Crippen LogP contribution < -0.4 is 11.1 Å². The maximum Gasteiger partial charge on any atom is 0.282 e. The summed E-state index contributed by atoms with van der Waals surface area (Å²) >= 11 is 1.72. The number of carbonyl (C=O) groups excluding carboxylic acids is 1. The van der Waals surface area contributed by atoms with Gasteiger partial charge in [-0.05, 0) is 31.2 Å². The average molecular weight is 295 g/mol. The number of amides is 1. The van der Waals surface area contributed by atoms with Crippen molar-refractivity contribution in [2.75, 3.05) is 12.0 Å². The molecule has 0 aromatic heterocycles. The normalized spacial score (nSPS) is 21.6. The van der Waals surface area contributed by atoms with Crippen molar-refractivity contribution in [3.05, 3.63) is 33.9 Å². The van der Waals surface area contributed by atoms with Crippen LogP contribution in [-0.2, 0) is 0 Å². The number of nitro benzene ring substituents is 1. The van der Waals surface area contributed by atoms with Crippen LogP contribution in [0.2, 0.25) is 0 Å². The van der Waals surface area contributed by atoms with Gasteiger partial charge in [-0.15, -0.1) is 0 Å². The third kappa shape index (κ3) is 3.04. The van der Waals surface area contributed by atoms with Crippen molar-refractivity contribution in [3.8, 4) is 0 Å². The van der Waals surface area contributed by atoms with E-state index in [0.717, 1.165) is 19.3 Å². The summed E-state index contributed by atoms with van der Waals surface area (Å²) in [7, 11) is 0. The molecule has 1 amide bonds. The molecule has 108 valence electrons. The number of thioether (sulfide) groups is 1. The Bertz CT molecular complexity index is 536. The Hall–Kier alpha value is -1.76. The van der Waals surface area contributed by atoms with Crippen LogP contribution in [0.5, 0.6) is 0 Å². The predicted molar refractivity (Wildman–Crippen MR) is 79.9 cm³/mol. The number of hydrogen-bond acceptors (Lipinski definition) is 5. The first-order chi connectivity index (χ1) is 9.52. The zero-order valence-corrected chi connectivity index (χ0v) is 12.0. The molecule has 20 heavy (non-hydrogen) atoms. The highest BCUT2D eigenvalue weighted by atomic mass is 32.2. The summed E-state index contributed by atoms with van der Waals surface area (Å²) in [6.45, 7) is 0. The summed E-state index contributed by atoms with van der Waals surface area (Å²) in [6.07, 6.45) is 5.05. The van der Waals surface area contributed by atoms with Gasteiger partial charge in [0.1, 0.15) is 5.56 Å². The van der Waals surface area contributed by atoms with Crippen molar-refractivity contribution in [2.24, 2.45) is 0 Å². The molecule has 1 saturated carbocycles. The molecule has 1 aliphatic carbocycles. The van der Waals surface area contributed by atoms with E-state index in [0.29, 0.717) is 10.9 Å². The molecule has 1 aliphatic rings. The van der Waals surface area contributed by atoms with Crippen LogP contribution in [0.25, 0.3) is 0 Å². The van der Waals surface area contributed by atoms with Gasteiger partial charge in [-0.3, -0.25) is 14.9 Å². The minimum atomic E-state index is -0.560. The van der Waals surface area contributed by atoms with E-state index < -0.39 is 10.8 Å². The van der Waals surface area contributed by atoms with Crippen molar-refractivity contribution in [1.82, 2.24) is 5.32 Å². The molecule has 0 bridgehead atoms. The Morgan fingerprint density at radius 3 is 2.90 bits per heavy atom. The van der Waals surface area contributed by atoms with Crippen molar-refractivity contribution in [1.29, 1.82) is 0 Å². The highest BCUT2D eigenvalue weighted by Gasteiger charge is 2.30. The maximum absolute atomic E-state index is 12.3. The summed E-state index contributed by atoms with van der Waals surface area (Å²) in [6, 6.07) is 4.12. The quantitative estimate of drug-likeness (QED) is 0.504. The smallest absolute Gasteiger partial charge is 0.282 e. The number of nitro groups is 1. The van der Waals surface area contributed by atoms with Gasteiger partial charge in [-0.1, -0.05) is 6.42 Å². The van der Waals surface area contributed by atoms with Gasteiger partial charge >= 0.3 is 0 Å². The van der Waals surface area contributed by atoms with E-state index >= 15 is 0 Å². The average Bonchev–Trinajstić information content (AvgIpc) is 2.85. The van der Waals surface area contributed by atoms with Crippen molar-refractivity contribution in [2.45, 2.75) is 30.6 Å². The molecule has 0 heterocycles. The predicted octanol–water partition coefficient (Wildman–Crippen LogP) is 2.19. The maximum atomic E-state index is 12.3. The van der Waals surface area contributed by atoms with Gasteiger partial charge in [0.2, 0.25) is 0 Å². The molecule has 1 aromatic rings. The summed E-state index contributed by atoms with van der Waals surface area (Å²) < 4.78 is 0. The number of nitrogen functional groups attached to an aromatic ring is 1. The molecule has 0 saturated heterocycles. The number of carbonyl (C=O) groups is 1. The highest BCUT2D eigenvalue weighted by molar-refractivity contribution is 7.99. The second-order valence-corrected chi connectivity index (χ2v) is 5.90. The first kappa shape index (κ1) is 14.6. The number of anilines is 1. The first-order valence-corrected chi connectivity index (χ1v) is 7.69. The van der Waals surface area contributed by atoms with Gasteiger partial charge in [0.25, 0.3) is 11.6 Å². The fraction of sp³-hybridized carbons (Fsp3) is 0.462. The second kappa shape index (κ2) is 6.13. The topological polar surface area (TPSA) is 98.3 Å². The number of nitrogens with zero attached hydrogens (tertiary/aromatic N) is 1. The van der Waals surface area contributed by atoms with E-state index in [1.165, 1.54) is 18.2 Å². The Morgan fingerprint density at radius 1 is 1.50 bits per heavy atom. The van der Waals surface area contributed by atoms with E-state index in [1.807, 2.05) is 6.26 Å². The minimum absolute atomic E-state index is 0.0294. The van der Waals surface area contributed by atoms with Gasteiger partial charge in [0.15, 0.2) is 0 Å². The summed E-state index contributed by atoms with van der Waals surface area (Å²) in [5.41, 5.74) is 5.78. The molecule has 7 heteroatoms. The fourth-order valence-corrected chi connectivity index (χ4v) is 3.45. The molecular formula is C13H17N3O3S. The molecule has 0 aliphatic heterocycles. The van der Waals surface area contributed by atoms with Crippen molar-refractivity contribution >= 4 is 29.0 Å². The van der Waals surface area contributed by atoms with E-state index in [2.05, 4.69) is 5.32 Å². The minimum Gasteiger partial charge on any atom is -0.399 e. The van der Waals surface area contributed by atoms with E-state index in [4.69, 9.17) is 5.73 Å². The van der Waals surface area contributed by atoms with Crippen LogP contribution >= 0.6 is 11.8 Å². The Kier molecular flexibility index (Phi) is 4.49. The summed E-state index contributed by atoms with van der Waals surface area (Å²) in [5, 5.41) is 14.2. The molecule has 2 rings (SSSR count). The van der Waals surface area contributed by atoms with Crippen LogP contribution in [0.1, 0.15) is 29.6 Å². The van der Waals surface area contributed by atoms with Crippen LogP contribution in [0.4, 0.5) is 11.4 Å². The Morgan fingerprint density at radius 2 is 2.25 bits per heavy atom. The van der Waals surface area contributed by atoms with Crippen LogP contribution in [-0.4, -0.2) is 28.4 Å². The zero-order valence-electron chi connectivity index (χ0n) is 11.2. The molecule has 0 radical (unpaired) electrons. The zero-order chi connectivity index (χ0) is 14.7. The molecule has 6 nitrogen and oxygen atoms in total. The number of benzene rings is 1. The number of rotatable bonds is 4. The Labute approximate surface area is 121 Å². The van der Waals surface area contributed by atoms with Gasteiger partial charge in [-0.2, -0.15) is 11.8 Å². The SMILES string of the molecule is CSC1CCCC1NC(=O)c1cc(N)ccc1[N+](=O)[O-]. The first-order valence-electron chi connectivity index (χ1n) is 6.40. The van der Waals surface area contributed by atoms with E-state index in [1.54, 1.807) is 11.8 Å². The lowest BCUT2D eigenvalue weighted by atomic mass is 10.1. The Balaban J connectivity index is 2.20. The molecule has 2 unspecified atom stereocenters. The lowest BCUT2D eigenvalue weighted by Gasteiger charge is -2.19. The second-order valence-electron chi connectivity index (χ2n) is 4.82. The van der Waals surface area contributed by atoms with Crippen LogP contribution in [0, 0.1) is 10.1 Å². The number of nitrogens with two attached hydrogens (primary N) is 1. The van der Waals surface area contributed by atoms with Gasteiger partial charge in [-0.25, -0.2) is 0 Å². The molecule has 1 aromatic carbocycles. The summed E-state index contributed by atoms with van der Waals surface area (Å²) in [5.74, 6) is -0.421. The molecular weight excluding hydrogens is 278 g/mol. The molecule has 3 N–H and O–H groups in total. The van der Waals surface area contributed by atoms with E-state index in [9.17, 15) is 14.9 Å². The fourth-order valence-electron chi connectivity index (χ4n) is 2.51. The largest absolute Gasteiger partial charge is 0.399 e. The molecule has 2 atom stereocenters. The van der Waals surface area contributed by atoms with Crippen molar-refractivity contribution in [3.63, 3.8) is 0 Å². The van der Waals surface area contributed by atoms with Gasteiger partial charge < -0.3 is 11.1 Å². The number of hydrogen-bond donors (Lipinski definition) is 2. The molecule has 1 fully saturated rings. The monoisotopic (exact) mass is 295 g/mol. The van der Waals surface area contributed by atoms with E-state index in [-0.39, 0.29) is 17.3 Å². The van der Waals surface area contributed by atoms with Crippen molar-refractivity contribution < 1.29 is 9.72 Å². The highest BCUT2D eigenvalue weighted by Crippen LogP contribution is 2.29. The van der Waals surface area contributed by atoms with Gasteiger partial charge in [0.05, 0.1) is 4.92 Å². The standard InChI is InChI=1S/C13H17N3O3S/c1-20-12-4-2-3-10(12)15-13(17)9-7-8(14)5-6-11(9)16(18)19/h5-7,10,12H,2-4,14H2,1H3,(H,15,17). The number of nitrogens with one attached hydrogen (secondary N) is 1. The lowest BCUT2D eigenvalue weighted by Crippen LogP contribution is -2.38. The molecule has 0 spiro atoms. The summed E-state index contributed by atoms with van der Waals surface area (Å²) in [4.78, 5) is 22.7. The third-order valence-electron chi connectivity index (χ3n) is 3.53.